The highest BCUT2D eigenvalue weighted by Gasteiger charge is 2.22. The first-order valence-corrected chi connectivity index (χ1v) is 5.33. The Kier molecular flexibility index (Phi) is 2.73. The van der Waals surface area contributed by atoms with E-state index in [2.05, 4.69) is 19.1 Å². The number of nitrogens with two attached hydrogens (primary N) is 1. The molecule has 76 valence electrons. The summed E-state index contributed by atoms with van der Waals surface area (Å²) in [6.45, 7) is 2.90. The molecule has 0 amide bonds. The average molecular weight is 191 g/mol. The molecule has 2 rings (SSSR count). The van der Waals surface area contributed by atoms with Crippen molar-refractivity contribution in [3.8, 4) is 5.75 Å². The van der Waals surface area contributed by atoms with Crippen LogP contribution in [0.15, 0.2) is 18.2 Å². The molecule has 0 saturated carbocycles. The fourth-order valence-corrected chi connectivity index (χ4v) is 2.02. The predicted octanol–water partition coefficient (Wildman–Crippen LogP) is 2.42. The molecule has 1 aliphatic rings. The zero-order valence-electron chi connectivity index (χ0n) is 8.62. The molecule has 14 heavy (non-hydrogen) atoms. The number of rotatable bonds is 3. The maximum Gasteiger partial charge on any atom is 0.124 e. The molecular weight excluding hydrogens is 174 g/mol. The molecule has 0 saturated heterocycles. The van der Waals surface area contributed by atoms with Crippen molar-refractivity contribution in [2.24, 2.45) is 5.73 Å². The first-order chi connectivity index (χ1) is 6.83. The molecule has 1 aromatic rings. The van der Waals surface area contributed by atoms with Gasteiger partial charge in [0.2, 0.25) is 0 Å². The highest BCUT2D eigenvalue weighted by molar-refractivity contribution is 5.45. The number of benzene rings is 1. The third-order valence-corrected chi connectivity index (χ3v) is 2.71. The maximum atomic E-state index is 6.04. The highest BCUT2D eigenvalue weighted by Crippen LogP contribution is 2.36. The SMILES string of the molecule is CCCOc1cccc2c1C(N)CC2. The van der Waals surface area contributed by atoms with Crippen molar-refractivity contribution < 1.29 is 4.74 Å². The van der Waals surface area contributed by atoms with Gasteiger partial charge in [-0.3, -0.25) is 0 Å². The summed E-state index contributed by atoms with van der Waals surface area (Å²) in [7, 11) is 0. The van der Waals surface area contributed by atoms with Gasteiger partial charge in [0.15, 0.2) is 0 Å². The van der Waals surface area contributed by atoms with E-state index < -0.39 is 0 Å². The molecule has 0 bridgehead atoms. The lowest BCUT2D eigenvalue weighted by atomic mass is 10.1. The summed E-state index contributed by atoms with van der Waals surface area (Å²) >= 11 is 0. The Bertz CT molecular complexity index is 322. The minimum absolute atomic E-state index is 0.179. The van der Waals surface area contributed by atoms with E-state index >= 15 is 0 Å². The molecule has 0 aliphatic heterocycles. The second-order valence-corrected chi connectivity index (χ2v) is 3.82. The molecule has 0 fully saturated rings. The topological polar surface area (TPSA) is 35.2 Å². The van der Waals surface area contributed by atoms with E-state index in [1.165, 1.54) is 11.1 Å². The molecule has 0 aromatic heterocycles. The van der Waals surface area contributed by atoms with Crippen LogP contribution in [0.1, 0.15) is 36.9 Å². The largest absolute Gasteiger partial charge is 0.493 e. The lowest BCUT2D eigenvalue weighted by molar-refractivity contribution is 0.313. The Hall–Kier alpha value is -1.02. The normalized spacial score (nSPS) is 19.4. The van der Waals surface area contributed by atoms with Crippen molar-refractivity contribution in [2.75, 3.05) is 6.61 Å². The zero-order valence-corrected chi connectivity index (χ0v) is 8.62. The molecule has 1 unspecified atom stereocenters. The summed E-state index contributed by atoms with van der Waals surface area (Å²) in [6, 6.07) is 6.42. The van der Waals surface area contributed by atoms with E-state index in [1.807, 2.05) is 6.07 Å². The number of hydrogen-bond acceptors (Lipinski definition) is 2. The van der Waals surface area contributed by atoms with Gasteiger partial charge in [-0.05, 0) is 30.9 Å². The molecule has 0 spiro atoms. The third-order valence-electron chi connectivity index (χ3n) is 2.71. The molecule has 1 atom stereocenters. The first kappa shape index (κ1) is 9.53. The van der Waals surface area contributed by atoms with Crippen molar-refractivity contribution in [1.29, 1.82) is 0 Å². The summed E-state index contributed by atoms with van der Waals surface area (Å²) < 4.78 is 5.69. The monoisotopic (exact) mass is 191 g/mol. The van der Waals surface area contributed by atoms with E-state index in [-0.39, 0.29) is 6.04 Å². The number of aryl methyl sites for hydroxylation is 1. The minimum Gasteiger partial charge on any atom is -0.493 e. The first-order valence-electron chi connectivity index (χ1n) is 5.33. The van der Waals surface area contributed by atoms with E-state index in [4.69, 9.17) is 10.5 Å². The Labute approximate surface area is 85.1 Å². The average Bonchev–Trinajstić information content (AvgIpc) is 2.58. The fraction of sp³-hybridized carbons (Fsp3) is 0.500. The van der Waals surface area contributed by atoms with Crippen LogP contribution in [0.5, 0.6) is 5.75 Å². The van der Waals surface area contributed by atoms with Crippen LogP contribution in [0, 0.1) is 0 Å². The second-order valence-electron chi connectivity index (χ2n) is 3.82. The van der Waals surface area contributed by atoms with Gasteiger partial charge in [0.1, 0.15) is 5.75 Å². The van der Waals surface area contributed by atoms with Crippen LogP contribution in [-0.4, -0.2) is 6.61 Å². The van der Waals surface area contributed by atoms with Gasteiger partial charge < -0.3 is 10.5 Å². The van der Waals surface area contributed by atoms with Crippen LogP contribution in [-0.2, 0) is 6.42 Å². The van der Waals surface area contributed by atoms with E-state index in [0.29, 0.717) is 0 Å². The lowest BCUT2D eigenvalue weighted by Gasteiger charge is -2.12. The summed E-state index contributed by atoms with van der Waals surface area (Å²) in [6.07, 6.45) is 3.20. The maximum absolute atomic E-state index is 6.04. The molecule has 0 heterocycles. The zero-order chi connectivity index (χ0) is 9.97. The van der Waals surface area contributed by atoms with Gasteiger partial charge in [-0.1, -0.05) is 19.1 Å². The molecule has 2 nitrogen and oxygen atoms in total. The van der Waals surface area contributed by atoms with Crippen molar-refractivity contribution in [3.63, 3.8) is 0 Å². The van der Waals surface area contributed by atoms with Gasteiger partial charge in [0, 0.05) is 11.6 Å². The van der Waals surface area contributed by atoms with Crippen LogP contribution in [0.4, 0.5) is 0 Å². The van der Waals surface area contributed by atoms with Gasteiger partial charge in [0.05, 0.1) is 6.61 Å². The Balaban J connectivity index is 2.27. The van der Waals surface area contributed by atoms with Gasteiger partial charge in [-0.2, -0.15) is 0 Å². The Morgan fingerprint density at radius 3 is 3.14 bits per heavy atom. The Morgan fingerprint density at radius 1 is 1.50 bits per heavy atom. The van der Waals surface area contributed by atoms with E-state index in [9.17, 15) is 0 Å². The molecule has 0 radical (unpaired) electrons. The highest BCUT2D eigenvalue weighted by atomic mass is 16.5. The van der Waals surface area contributed by atoms with E-state index in [1.54, 1.807) is 0 Å². The molecular formula is C12H17NO. The van der Waals surface area contributed by atoms with Gasteiger partial charge in [-0.25, -0.2) is 0 Å². The van der Waals surface area contributed by atoms with Crippen molar-refractivity contribution in [3.05, 3.63) is 29.3 Å². The van der Waals surface area contributed by atoms with Crippen molar-refractivity contribution in [2.45, 2.75) is 32.2 Å². The Morgan fingerprint density at radius 2 is 2.36 bits per heavy atom. The second kappa shape index (κ2) is 4.01. The predicted molar refractivity (Wildman–Crippen MR) is 57.5 cm³/mol. The molecule has 1 aromatic carbocycles. The van der Waals surface area contributed by atoms with Crippen LogP contribution >= 0.6 is 0 Å². The summed E-state index contributed by atoms with van der Waals surface area (Å²) in [5, 5.41) is 0. The van der Waals surface area contributed by atoms with Crippen molar-refractivity contribution in [1.82, 2.24) is 0 Å². The quantitative estimate of drug-likeness (QED) is 0.796. The number of ether oxygens (including phenoxy) is 1. The number of fused-ring (bicyclic) bond motifs is 1. The summed E-state index contributed by atoms with van der Waals surface area (Å²) in [5.41, 5.74) is 8.64. The molecule has 1 aliphatic carbocycles. The minimum atomic E-state index is 0.179. The lowest BCUT2D eigenvalue weighted by Crippen LogP contribution is -2.08. The summed E-state index contributed by atoms with van der Waals surface area (Å²) in [5.74, 6) is 0.995. The smallest absolute Gasteiger partial charge is 0.124 e. The standard InChI is InChI=1S/C12H17NO/c1-2-8-14-11-5-3-4-9-6-7-10(13)12(9)11/h3-5,10H,2,6-8,13H2,1H3. The van der Waals surface area contributed by atoms with Crippen LogP contribution < -0.4 is 10.5 Å². The van der Waals surface area contributed by atoms with Crippen LogP contribution in [0.3, 0.4) is 0 Å². The van der Waals surface area contributed by atoms with Gasteiger partial charge in [0.25, 0.3) is 0 Å². The van der Waals surface area contributed by atoms with Crippen LogP contribution in [0.2, 0.25) is 0 Å². The fourth-order valence-electron chi connectivity index (χ4n) is 2.02. The molecule has 2 heteroatoms. The molecule has 2 N–H and O–H groups in total. The van der Waals surface area contributed by atoms with Gasteiger partial charge in [-0.15, -0.1) is 0 Å². The van der Waals surface area contributed by atoms with Crippen molar-refractivity contribution >= 4 is 0 Å². The van der Waals surface area contributed by atoms with Crippen LogP contribution in [0.25, 0.3) is 0 Å². The van der Waals surface area contributed by atoms with E-state index in [0.717, 1.165) is 31.6 Å². The third kappa shape index (κ3) is 1.62. The number of hydrogen-bond donors (Lipinski definition) is 1. The summed E-state index contributed by atoms with van der Waals surface area (Å²) in [4.78, 5) is 0. The van der Waals surface area contributed by atoms with Gasteiger partial charge >= 0.3 is 0 Å².